The maximum Gasteiger partial charge on any atom is 0.312 e. The second-order valence-electron chi connectivity index (χ2n) is 3.51. The van der Waals surface area contributed by atoms with Crippen molar-refractivity contribution in [2.24, 2.45) is 0 Å². The molecule has 0 aromatic carbocycles. The van der Waals surface area contributed by atoms with Gasteiger partial charge < -0.3 is 19.6 Å². The largest absolute Gasteiger partial charge is 0.394 e. The first kappa shape index (κ1) is 12.9. The number of amides is 2. The number of hydrogen-bond acceptors (Lipinski definition) is 4. The summed E-state index contributed by atoms with van der Waals surface area (Å²) in [5.41, 5.74) is 0. The predicted octanol–water partition coefficient (Wildman–Crippen LogP) is -1.31. The predicted molar refractivity (Wildman–Crippen MR) is 56.7 cm³/mol. The minimum Gasteiger partial charge on any atom is -0.394 e. The second-order valence-corrected chi connectivity index (χ2v) is 3.51. The Morgan fingerprint density at radius 2 is 1.81 bits per heavy atom. The van der Waals surface area contributed by atoms with Crippen molar-refractivity contribution in [1.29, 1.82) is 0 Å². The molecule has 2 amide bonds. The van der Waals surface area contributed by atoms with E-state index < -0.39 is 11.8 Å². The molecule has 1 rings (SSSR count). The van der Waals surface area contributed by atoms with Crippen molar-refractivity contribution in [3.63, 3.8) is 0 Å². The molecular formula is C10H18N2O4. The van der Waals surface area contributed by atoms with Crippen LogP contribution < -0.4 is 0 Å². The van der Waals surface area contributed by atoms with E-state index in [1.807, 2.05) is 6.92 Å². The Kier molecular flexibility index (Phi) is 5.21. The Morgan fingerprint density at radius 3 is 2.44 bits per heavy atom. The van der Waals surface area contributed by atoms with Gasteiger partial charge in [-0.1, -0.05) is 0 Å². The van der Waals surface area contributed by atoms with Gasteiger partial charge in [-0.25, -0.2) is 0 Å². The van der Waals surface area contributed by atoms with Gasteiger partial charge in [-0.3, -0.25) is 9.59 Å². The summed E-state index contributed by atoms with van der Waals surface area (Å²) in [6.45, 7) is 4.55. The number of piperazine rings is 1. The summed E-state index contributed by atoms with van der Waals surface area (Å²) >= 11 is 0. The van der Waals surface area contributed by atoms with Crippen molar-refractivity contribution in [2.45, 2.75) is 6.92 Å². The molecule has 1 fully saturated rings. The minimum absolute atomic E-state index is 0.0313. The number of carbonyl (C=O) groups is 2. The Balaban J connectivity index is 2.34. The number of aliphatic hydroxyl groups is 1. The van der Waals surface area contributed by atoms with Gasteiger partial charge in [0.05, 0.1) is 19.8 Å². The highest BCUT2D eigenvalue weighted by Gasteiger charge is 2.30. The van der Waals surface area contributed by atoms with Crippen LogP contribution in [0.1, 0.15) is 6.92 Å². The van der Waals surface area contributed by atoms with E-state index in [1.165, 1.54) is 9.80 Å². The number of aliphatic hydroxyl groups excluding tert-OH is 1. The zero-order chi connectivity index (χ0) is 12.0. The lowest BCUT2D eigenvalue weighted by Crippen LogP contribution is -2.54. The van der Waals surface area contributed by atoms with Crippen molar-refractivity contribution in [2.75, 3.05) is 46.0 Å². The van der Waals surface area contributed by atoms with Crippen molar-refractivity contribution < 1.29 is 19.4 Å². The molecule has 1 N–H and O–H groups in total. The van der Waals surface area contributed by atoms with Crippen LogP contribution in [0.5, 0.6) is 0 Å². The highest BCUT2D eigenvalue weighted by molar-refractivity contribution is 6.35. The molecule has 0 bridgehead atoms. The van der Waals surface area contributed by atoms with Gasteiger partial charge in [0.1, 0.15) is 0 Å². The van der Waals surface area contributed by atoms with Gasteiger partial charge in [0, 0.05) is 26.2 Å². The standard InChI is InChI=1S/C10H18N2O4/c1-2-11-3-4-12(10(15)9(11)14)5-7-16-8-6-13/h13H,2-8H2,1H3. The number of nitrogens with zero attached hydrogens (tertiary/aromatic N) is 2. The van der Waals surface area contributed by atoms with Crippen molar-refractivity contribution in [3.05, 3.63) is 0 Å². The molecule has 0 saturated carbocycles. The monoisotopic (exact) mass is 230 g/mol. The van der Waals surface area contributed by atoms with Gasteiger partial charge in [-0.05, 0) is 6.92 Å². The third-order valence-electron chi connectivity index (χ3n) is 2.52. The summed E-state index contributed by atoms with van der Waals surface area (Å²) in [4.78, 5) is 26.1. The van der Waals surface area contributed by atoms with Gasteiger partial charge >= 0.3 is 11.8 Å². The molecule has 92 valence electrons. The normalized spacial score (nSPS) is 17.1. The number of carbonyl (C=O) groups excluding carboxylic acids is 2. The third-order valence-corrected chi connectivity index (χ3v) is 2.52. The quantitative estimate of drug-likeness (QED) is 0.454. The molecule has 1 heterocycles. The summed E-state index contributed by atoms with van der Waals surface area (Å²) in [6, 6.07) is 0. The summed E-state index contributed by atoms with van der Waals surface area (Å²) < 4.78 is 5.05. The SMILES string of the molecule is CCN1CCN(CCOCCO)C(=O)C1=O. The van der Waals surface area contributed by atoms with Gasteiger partial charge in [-0.2, -0.15) is 0 Å². The summed E-state index contributed by atoms with van der Waals surface area (Å²) in [6.07, 6.45) is 0. The number of likely N-dealkylation sites (N-methyl/N-ethyl adjacent to an activating group) is 1. The fourth-order valence-corrected chi connectivity index (χ4v) is 1.57. The van der Waals surface area contributed by atoms with Crippen LogP contribution in [0.25, 0.3) is 0 Å². The first-order valence-electron chi connectivity index (χ1n) is 5.47. The van der Waals surface area contributed by atoms with Crippen LogP contribution in [0.15, 0.2) is 0 Å². The van der Waals surface area contributed by atoms with Crippen molar-refractivity contribution >= 4 is 11.8 Å². The molecule has 0 aliphatic carbocycles. The van der Waals surface area contributed by atoms with E-state index in [0.29, 0.717) is 32.8 Å². The molecule has 6 nitrogen and oxygen atoms in total. The number of rotatable bonds is 6. The molecule has 0 aromatic heterocycles. The van der Waals surface area contributed by atoms with E-state index in [-0.39, 0.29) is 13.2 Å². The first-order valence-corrected chi connectivity index (χ1v) is 5.47. The first-order chi connectivity index (χ1) is 7.70. The maximum absolute atomic E-state index is 11.6. The zero-order valence-electron chi connectivity index (χ0n) is 9.52. The molecular weight excluding hydrogens is 212 g/mol. The molecule has 0 unspecified atom stereocenters. The molecule has 16 heavy (non-hydrogen) atoms. The Hall–Kier alpha value is -1.14. The molecule has 0 atom stereocenters. The average molecular weight is 230 g/mol. The van der Waals surface area contributed by atoms with Crippen LogP contribution in [0.2, 0.25) is 0 Å². The average Bonchev–Trinajstić information content (AvgIpc) is 2.30. The second kappa shape index (κ2) is 6.44. The lowest BCUT2D eigenvalue weighted by atomic mass is 10.3. The molecule has 1 saturated heterocycles. The van der Waals surface area contributed by atoms with Gasteiger partial charge in [-0.15, -0.1) is 0 Å². The van der Waals surface area contributed by atoms with Crippen LogP contribution in [0.4, 0.5) is 0 Å². The van der Waals surface area contributed by atoms with E-state index in [1.54, 1.807) is 0 Å². The van der Waals surface area contributed by atoms with E-state index >= 15 is 0 Å². The van der Waals surface area contributed by atoms with Gasteiger partial charge in [0.15, 0.2) is 0 Å². The van der Waals surface area contributed by atoms with E-state index in [0.717, 1.165) is 0 Å². The summed E-state index contributed by atoms with van der Waals surface area (Å²) in [5.74, 6) is -0.892. The van der Waals surface area contributed by atoms with Crippen LogP contribution in [-0.4, -0.2) is 72.7 Å². The van der Waals surface area contributed by atoms with Crippen LogP contribution in [-0.2, 0) is 14.3 Å². The van der Waals surface area contributed by atoms with Crippen LogP contribution in [0.3, 0.4) is 0 Å². The Labute approximate surface area is 94.8 Å². The van der Waals surface area contributed by atoms with Crippen molar-refractivity contribution in [1.82, 2.24) is 9.80 Å². The van der Waals surface area contributed by atoms with E-state index in [4.69, 9.17) is 9.84 Å². The molecule has 1 aliphatic heterocycles. The smallest absolute Gasteiger partial charge is 0.312 e. The highest BCUT2D eigenvalue weighted by atomic mass is 16.5. The number of ether oxygens (including phenoxy) is 1. The van der Waals surface area contributed by atoms with E-state index in [2.05, 4.69) is 0 Å². The number of hydrogen-bond donors (Lipinski definition) is 1. The van der Waals surface area contributed by atoms with E-state index in [9.17, 15) is 9.59 Å². The van der Waals surface area contributed by atoms with Crippen LogP contribution >= 0.6 is 0 Å². The highest BCUT2D eigenvalue weighted by Crippen LogP contribution is 2.04. The molecule has 0 spiro atoms. The minimum atomic E-state index is -0.458. The summed E-state index contributed by atoms with van der Waals surface area (Å²) in [7, 11) is 0. The summed E-state index contributed by atoms with van der Waals surface area (Å²) in [5, 5.41) is 8.50. The molecule has 0 aromatic rings. The fourth-order valence-electron chi connectivity index (χ4n) is 1.57. The lowest BCUT2D eigenvalue weighted by molar-refractivity contribution is -0.156. The zero-order valence-corrected chi connectivity index (χ0v) is 9.52. The van der Waals surface area contributed by atoms with Gasteiger partial charge in [0.2, 0.25) is 0 Å². The molecule has 1 aliphatic rings. The Bertz CT molecular complexity index is 257. The van der Waals surface area contributed by atoms with Crippen LogP contribution in [0, 0.1) is 0 Å². The Morgan fingerprint density at radius 1 is 1.19 bits per heavy atom. The van der Waals surface area contributed by atoms with Gasteiger partial charge in [0.25, 0.3) is 0 Å². The molecule has 0 radical (unpaired) electrons. The third kappa shape index (κ3) is 3.18. The maximum atomic E-state index is 11.6. The lowest BCUT2D eigenvalue weighted by Gasteiger charge is -2.32. The fraction of sp³-hybridized carbons (Fsp3) is 0.800. The molecule has 6 heteroatoms. The van der Waals surface area contributed by atoms with Crippen molar-refractivity contribution in [3.8, 4) is 0 Å². The topological polar surface area (TPSA) is 70.1 Å².